The Hall–Kier alpha value is -0.840. The van der Waals surface area contributed by atoms with Gasteiger partial charge in [0.25, 0.3) is 5.91 Å². The van der Waals surface area contributed by atoms with Crippen molar-refractivity contribution in [3.05, 3.63) is 54.9 Å². The quantitative estimate of drug-likeness (QED) is 0.397. The summed E-state index contributed by atoms with van der Waals surface area (Å²) in [6.07, 6.45) is 0. The van der Waals surface area contributed by atoms with Crippen molar-refractivity contribution >= 4 is 69.6 Å². The summed E-state index contributed by atoms with van der Waals surface area (Å²) in [5, 5.41) is 2.76. The van der Waals surface area contributed by atoms with E-state index in [1.165, 1.54) is 5.56 Å². The molecule has 0 saturated heterocycles. The predicted octanol–water partition coefficient (Wildman–Crippen LogP) is 7.09. The molecule has 134 valence electrons. The van der Waals surface area contributed by atoms with Gasteiger partial charge in [-0.05, 0) is 23.6 Å². The first-order chi connectivity index (χ1) is 11.7. The standard InChI is InChI=1S/C17H14Cl5NO2/c1-8(2)9-3-5-10(6-4-9)23-11(24)7-25-17-15(21)13(19)12(18)14(20)16(17)22/h3-6,8H,7H2,1-2H3,(H,23,24). The maximum absolute atomic E-state index is 12.0. The van der Waals surface area contributed by atoms with Crippen LogP contribution in [0, 0.1) is 0 Å². The number of rotatable bonds is 5. The predicted molar refractivity (Wildman–Crippen MR) is 106 cm³/mol. The molecule has 0 aromatic heterocycles. The molecule has 0 aliphatic rings. The number of carbonyl (C=O) groups is 1. The lowest BCUT2D eigenvalue weighted by atomic mass is 10.0. The van der Waals surface area contributed by atoms with Crippen LogP contribution in [0.25, 0.3) is 0 Å². The number of hydrogen-bond acceptors (Lipinski definition) is 2. The fourth-order valence-corrected chi connectivity index (χ4v) is 3.23. The molecule has 0 heterocycles. The monoisotopic (exact) mass is 439 g/mol. The van der Waals surface area contributed by atoms with E-state index < -0.39 is 0 Å². The van der Waals surface area contributed by atoms with E-state index in [4.69, 9.17) is 62.7 Å². The number of anilines is 1. The van der Waals surface area contributed by atoms with Gasteiger partial charge in [0.1, 0.15) is 10.0 Å². The molecule has 0 aliphatic heterocycles. The highest BCUT2D eigenvalue weighted by molar-refractivity contribution is 6.55. The van der Waals surface area contributed by atoms with E-state index in [0.717, 1.165) is 0 Å². The van der Waals surface area contributed by atoms with Gasteiger partial charge in [0.05, 0.1) is 15.1 Å². The number of carbonyl (C=O) groups excluding carboxylic acids is 1. The minimum Gasteiger partial charge on any atom is -0.481 e. The van der Waals surface area contributed by atoms with Crippen LogP contribution < -0.4 is 10.1 Å². The van der Waals surface area contributed by atoms with Gasteiger partial charge in [-0.25, -0.2) is 0 Å². The molecular weight excluding hydrogens is 427 g/mol. The number of amides is 1. The third-order valence-corrected chi connectivity index (χ3v) is 5.62. The molecule has 0 spiro atoms. The highest BCUT2D eigenvalue weighted by atomic mass is 35.5. The summed E-state index contributed by atoms with van der Waals surface area (Å²) in [5.41, 5.74) is 1.83. The third-order valence-electron chi connectivity index (χ3n) is 3.38. The molecule has 2 aromatic rings. The second-order valence-corrected chi connectivity index (χ2v) is 7.40. The molecule has 8 heteroatoms. The van der Waals surface area contributed by atoms with Crippen LogP contribution in [-0.2, 0) is 4.79 Å². The normalized spacial score (nSPS) is 10.9. The van der Waals surface area contributed by atoms with E-state index in [9.17, 15) is 4.79 Å². The molecule has 0 bridgehead atoms. The third kappa shape index (κ3) is 4.87. The van der Waals surface area contributed by atoms with E-state index in [-0.39, 0.29) is 43.4 Å². The zero-order valence-corrected chi connectivity index (χ0v) is 17.1. The molecule has 25 heavy (non-hydrogen) atoms. The maximum Gasteiger partial charge on any atom is 0.262 e. The topological polar surface area (TPSA) is 38.3 Å². The van der Waals surface area contributed by atoms with Crippen LogP contribution in [0.15, 0.2) is 24.3 Å². The summed E-state index contributed by atoms with van der Waals surface area (Å²) in [7, 11) is 0. The van der Waals surface area contributed by atoms with Crippen LogP contribution in [0.1, 0.15) is 25.3 Å². The molecule has 2 rings (SSSR count). The summed E-state index contributed by atoms with van der Waals surface area (Å²) < 4.78 is 5.38. The van der Waals surface area contributed by atoms with Crippen molar-refractivity contribution in [3.8, 4) is 5.75 Å². The lowest BCUT2D eigenvalue weighted by Crippen LogP contribution is -2.20. The number of benzene rings is 2. The summed E-state index contributed by atoms with van der Waals surface area (Å²) in [6, 6.07) is 7.55. The Morgan fingerprint density at radius 2 is 1.40 bits per heavy atom. The van der Waals surface area contributed by atoms with Gasteiger partial charge in [-0.2, -0.15) is 0 Å². The number of hydrogen-bond donors (Lipinski definition) is 1. The van der Waals surface area contributed by atoms with E-state index in [1.54, 1.807) is 0 Å². The highest BCUT2D eigenvalue weighted by Crippen LogP contribution is 2.48. The molecule has 0 atom stereocenters. The van der Waals surface area contributed by atoms with Gasteiger partial charge in [0.2, 0.25) is 0 Å². The minimum absolute atomic E-state index is 0.00449. The number of nitrogens with one attached hydrogen (secondary N) is 1. The summed E-state index contributed by atoms with van der Waals surface area (Å²) in [5.74, 6) is 0.0384. The van der Waals surface area contributed by atoms with Gasteiger partial charge in [0, 0.05) is 5.69 Å². The zero-order valence-electron chi connectivity index (χ0n) is 13.3. The first kappa shape index (κ1) is 20.5. The lowest BCUT2D eigenvalue weighted by molar-refractivity contribution is -0.118. The summed E-state index contributed by atoms with van der Waals surface area (Å²) in [4.78, 5) is 12.0. The van der Waals surface area contributed by atoms with Crippen LogP contribution in [0.3, 0.4) is 0 Å². The van der Waals surface area contributed by atoms with Crippen molar-refractivity contribution in [1.29, 1.82) is 0 Å². The SMILES string of the molecule is CC(C)c1ccc(NC(=O)COc2c(Cl)c(Cl)c(Cl)c(Cl)c2Cl)cc1. The molecule has 1 amide bonds. The number of halogens is 5. The first-order valence-electron chi connectivity index (χ1n) is 7.26. The summed E-state index contributed by atoms with van der Waals surface area (Å²) in [6.45, 7) is 3.87. The molecule has 0 radical (unpaired) electrons. The Bertz CT molecular complexity index is 762. The Labute approximate surface area is 171 Å². The van der Waals surface area contributed by atoms with Crippen LogP contribution in [0.2, 0.25) is 25.1 Å². The fourth-order valence-electron chi connectivity index (χ4n) is 2.00. The largest absolute Gasteiger partial charge is 0.481 e. The van der Waals surface area contributed by atoms with Crippen molar-refractivity contribution in [2.75, 3.05) is 11.9 Å². The van der Waals surface area contributed by atoms with E-state index >= 15 is 0 Å². The van der Waals surface area contributed by atoms with E-state index in [2.05, 4.69) is 19.2 Å². The lowest BCUT2D eigenvalue weighted by Gasteiger charge is -2.14. The van der Waals surface area contributed by atoms with Crippen molar-refractivity contribution in [3.63, 3.8) is 0 Å². The Balaban J connectivity index is 2.05. The Morgan fingerprint density at radius 3 is 1.88 bits per heavy atom. The van der Waals surface area contributed by atoms with Gasteiger partial charge in [-0.15, -0.1) is 0 Å². The molecule has 0 unspecified atom stereocenters. The number of ether oxygens (including phenoxy) is 1. The van der Waals surface area contributed by atoms with Crippen LogP contribution in [0.5, 0.6) is 5.75 Å². The van der Waals surface area contributed by atoms with Gasteiger partial charge < -0.3 is 10.1 Å². The van der Waals surface area contributed by atoms with Crippen LogP contribution in [-0.4, -0.2) is 12.5 Å². The summed E-state index contributed by atoms with van der Waals surface area (Å²) >= 11 is 29.9. The average molecular weight is 442 g/mol. The van der Waals surface area contributed by atoms with Crippen molar-refractivity contribution < 1.29 is 9.53 Å². The smallest absolute Gasteiger partial charge is 0.262 e. The maximum atomic E-state index is 12.0. The first-order valence-corrected chi connectivity index (χ1v) is 9.15. The molecule has 0 fully saturated rings. The molecule has 2 aromatic carbocycles. The molecule has 0 saturated carbocycles. The van der Waals surface area contributed by atoms with Gasteiger partial charge in [-0.3, -0.25) is 4.79 Å². The van der Waals surface area contributed by atoms with Gasteiger partial charge >= 0.3 is 0 Å². The van der Waals surface area contributed by atoms with Crippen molar-refractivity contribution in [2.45, 2.75) is 19.8 Å². The fraction of sp³-hybridized carbons (Fsp3) is 0.235. The Kier molecular flexibility index (Phi) is 7.12. The minimum atomic E-state index is -0.383. The molecule has 0 aliphatic carbocycles. The molecule has 3 nitrogen and oxygen atoms in total. The second-order valence-electron chi connectivity index (χ2n) is 5.51. The molecular formula is C17H14Cl5NO2. The second kappa shape index (κ2) is 8.70. The van der Waals surface area contributed by atoms with Crippen LogP contribution in [0.4, 0.5) is 5.69 Å². The van der Waals surface area contributed by atoms with Crippen molar-refractivity contribution in [2.24, 2.45) is 0 Å². The van der Waals surface area contributed by atoms with E-state index in [0.29, 0.717) is 11.6 Å². The van der Waals surface area contributed by atoms with Gasteiger partial charge in [-0.1, -0.05) is 84.0 Å². The van der Waals surface area contributed by atoms with Crippen LogP contribution >= 0.6 is 58.0 Å². The zero-order chi connectivity index (χ0) is 18.7. The van der Waals surface area contributed by atoms with Gasteiger partial charge in [0.15, 0.2) is 12.4 Å². The molecule has 1 N–H and O–H groups in total. The van der Waals surface area contributed by atoms with Crippen molar-refractivity contribution in [1.82, 2.24) is 0 Å². The van der Waals surface area contributed by atoms with E-state index in [1.807, 2.05) is 24.3 Å². The average Bonchev–Trinajstić information content (AvgIpc) is 2.58. The Morgan fingerprint density at radius 1 is 0.920 bits per heavy atom. The highest BCUT2D eigenvalue weighted by Gasteiger charge is 2.21.